The summed E-state index contributed by atoms with van der Waals surface area (Å²) in [6.07, 6.45) is 6.02. The van der Waals surface area contributed by atoms with Crippen LogP contribution in [0.1, 0.15) is 37.9 Å². The topological polar surface area (TPSA) is 82.7 Å². The second-order valence-corrected chi connectivity index (χ2v) is 9.82. The Morgan fingerprint density at radius 3 is 2.58 bits per heavy atom. The van der Waals surface area contributed by atoms with E-state index in [9.17, 15) is 4.39 Å². The summed E-state index contributed by atoms with van der Waals surface area (Å²) < 4.78 is 21.1. The third-order valence-corrected chi connectivity index (χ3v) is 7.22. The third-order valence-electron chi connectivity index (χ3n) is 6.62. The summed E-state index contributed by atoms with van der Waals surface area (Å²) in [6.45, 7) is 3.60. The molecule has 2 N–H and O–H groups in total. The van der Waals surface area contributed by atoms with E-state index in [1.807, 2.05) is 31.2 Å². The number of halogens is 3. The smallest absolute Gasteiger partial charge is 0.159 e. The molecule has 0 spiro atoms. The Bertz CT molecular complexity index is 1560. The Kier molecular flexibility index (Phi) is 5.93. The normalized spacial score (nSPS) is 15.1. The first-order valence-corrected chi connectivity index (χ1v) is 12.6. The molecule has 1 atom stereocenters. The number of rotatable bonds is 5. The van der Waals surface area contributed by atoms with E-state index in [4.69, 9.17) is 32.9 Å². The summed E-state index contributed by atoms with van der Waals surface area (Å²) in [7, 11) is 0. The number of aromatic nitrogens is 5. The van der Waals surface area contributed by atoms with Crippen LogP contribution in [0, 0.1) is 5.82 Å². The first-order valence-electron chi connectivity index (χ1n) is 11.9. The van der Waals surface area contributed by atoms with Gasteiger partial charge in [-0.25, -0.2) is 9.37 Å². The van der Waals surface area contributed by atoms with Crippen LogP contribution in [0.3, 0.4) is 0 Å². The molecule has 36 heavy (non-hydrogen) atoms. The number of nitrogens with zero attached hydrogens (tertiary/aromatic N) is 4. The number of pyridine rings is 1. The van der Waals surface area contributed by atoms with Crippen molar-refractivity contribution in [2.24, 2.45) is 0 Å². The molecule has 0 radical (unpaired) electrons. The van der Waals surface area contributed by atoms with Crippen LogP contribution < -0.4 is 9.64 Å². The number of imidazole rings is 1. The lowest BCUT2D eigenvalue weighted by Crippen LogP contribution is -2.30. The Morgan fingerprint density at radius 1 is 1.03 bits per heavy atom. The van der Waals surface area contributed by atoms with Crippen LogP contribution in [0.15, 0.2) is 42.7 Å². The van der Waals surface area contributed by atoms with Crippen molar-refractivity contribution in [1.29, 1.82) is 0 Å². The number of H-pyrrole nitrogens is 2. The van der Waals surface area contributed by atoms with Gasteiger partial charge in [0.25, 0.3) is 0 Å². The predicted octanol–water partition coefficient (Wildman–Crippen LogP) is 7.08. The predicted molar refractivity (Wildman–Crippen MR) is 141 cm³/mol. The number of nitrogens with one attached hydrogen (secondary N) is 2. The summed E-state index contributed by atoms with van der Waals surface area (Å²) in [4.78, 5) is 14.1. The molecular weight excluding hydrogens is 502 g/mol. The van der Waals surface area contributed by atoms with Crippen molar-refractivity contribution < 1.29 is 9.13 Å². The molecule has 0 aliphatic carbocycles. The lowest BCUT2D eigenvalue weighted by molar-refractivity contribution is 0.227. The minimum atomic E-state index is -0.400. The van der Waals surface area contributed by atoms with Crippen LogP contribution in [0.2, 0.25) is 10.0 Å². The molecule has 1 fully saturated rings. The fraction of sp³-hybridized carbons (Fsp3) is 0.269. The highest BCUT2D eigenvalue weighted by molar-refractivity contribution is 6.35. The number of fused-ring (bicyclic) bond motifs is 2. The molecule has 6 rings (SSSR count). The molecule has 0 bridgehead atoms. The van der Waals surface area contributed by atoms with Crippen molar-refractivity contribution in [3.05, 3.63) is 64.2 Å². The molecule has 1 saturated heterocycles. The summed E-state index contributed by atoms with van der Waals surface area (Å²) in [5, 5.41) is 9.22. The van der Waals surface area contributed by atoms with E-state index in [-0.39, 0.29) is 5.82 Å². The summed E-state index contributed by atoms with van der Waals surface area (Å²) in [5.41, 5.74) is 4.05. The number of hydrogen-bond donors (Lipinski definition) is 2. The van der Waals surface area contributed by atoms with Gasteiger partial charge in [-0.1, -0.05) is 23.2 Å². The van der Waals surface area contributed by atoms with Crippen LogP contribution in [0.25, 0.3) is 33.5 Å². The average molecular weight is 525 g/mol. The Labute approximate surface area is 216 Å². The van der Waals surface area contributed by atoms with Gasteiger partial charge < -0.3 is 14.6 Å². The molecule has 2 aromatic carbocycles. The molecule has 1 unspecified atom stereocenters. The highest BCUT2D eigenvalue weighted by Crippen LogP contribution is 2.35. The van der Waals surface area contributed by atoms with E-state index in [1.165, 1.54) is 12.5 Å². The van der Waals surface area contributed by atoms with Gasteiger partial charge in [0.2, 0.25) is 0 Å². The van der Waals surface area contributed by atoms with E-state index in [1.54, 1.807) is 12.4 Å². The Morgan fingerprint density at radius 2 is 1.81 bits per heavy atom. The molecule has 10 heteroatoms. The molecule has 5 aromatic rings. The van der Waals surface area contributed by atoms with Gasteiger partial charge in [-0.15, -0.1) is 0 Å². The van der Waals surface area contributed by atoms with Crippen molar-refractivity contribution in [3.8, 4) is 17.3 Å². The van der Waals surface area contributed by atoms with Gasteiger partial charge in [0.1, 0.15) is 23.4 Å². The maximum atomic E-state index is 14.9. The van der Waals surface area contributed by atoms with Crippen LogP contribution in [-0.4, -0.2) is 38.2 Å². The summed E-state index contributed by atoms with van der Waals surface area (Å²) >= 11 is 12.6. The van der Waals surface area contributed by atoms with E-state index >= 15 is 0 Å². The van der Waals surface area contributed by atoms with E-state index in [2.05, 4.69) is 25.1 Å². The lowest BCUT2D eigenvalue weighted by atomic mass is 10.1. The zero-order valence-corrected chi connectivity index (χ0v) is 21.0. The largest absolute Gasteiger partial charge is 0.486 e. The number of benzene rings is 2. The second kappa shape index (κ2) is 9.26. The first kappa shape index (κ1) is 23.1. The van der Waals surface area contributed by atoms with Crippen molar-refractivity contribution in [2.45, 2.75) is 32.3 Å². The quantitative estimate of drug-likeness (QED) is 0.256. The minimum Gasteiger partial charge on any atom is -0.486 e. The average Bonchev–Trinajstić information content (AvgIpc) is 3.47. The first-order chi connectivity index (χ1) is 17.5. The SMILES string of the molecule is CC(Oc1ccc2[nH]nc(-c3nc4cc(N5CCCCC5)c(F)cc4[nH]3)c2c1)c1c(Cl)cncc1Cl. The van der Waals surface area contributed by atoms with E-state index in [0.717, 1.165) is 36.8 Å². The molecule has 1 aliphatic heterocycles. The lowest BCUT2D eigenvalue weighted by Gasteiger charge is -2.29. The zero-order chi connectivity index (χ0) is 24.8. The molecular formula is C26H23Cl2FN6O. The van der Waals surface area contributed by atoms with Gasteiger partial charge in [-0.3, -0.25) is 10.1 Å². The number of anilines is 1. The molecule has 4 heterocycles. The number of hydrogen-bond acceptors (Lipinski definition) is 5. The number of aromatic amines is 2. The molecule has 184 valence electrons. The molecule has 0 saturated carbocycles. The van der Waals surface area contributed by atoms with Crippen LogP contribution in [0.4, 0.5) is 10.1 Å². The third kappa shape index (κ3) is 4.14. The maximum absolute atomic E-state index is 14.9. The van der Waals surface area contributed by atoms with Crippen molar-refractivity contribution in [3.63, 3.8) is 0 Å². The zero-order valence-electron chi connectivity index (χ0n) is 19.5. The van der Waals surface area contributed by atoms with Gasteiger partial charge >= 0.3 is 0 Å². The maximum Gasteiger partial charge on any atom is 0.159 e. The highest BCUT2D eigenvalue weighted by Gasteiger charge is 2.20. The second-order valence-electron chi connectivity index (χ2n) is 9.01. The van der Waals surface area contributed by atoms with Crippen LogP contribution in [0.5, 0.6) is 5.75 Å². The Balaban J connectivity index is 1.34. The van der Waals surface area contributed by atoms with Gasteiger partial charge in [0.15, 0.2) is 5.82 Å². The monoisotopic (exact) mass is 524 g/mol. The van der Waals surface area contributed by atoms with Crippen molar-refractivity contribution >= 4 is 50.8 Å². The van der Waals surface area contributed by atoms with Gasteiger partial charge in [-0.05, 0) is 50.5 Å². The fourth-order valence-electron chi connectivity index (χ4n) is 4.83. The highest BCUT2D eigenvalue weighted by atomic mass is 35.5. The van der Waals surface area contributed by atoms with Gasteiger partial charge in [0.05, 0.1) is 32.3 Å². The minimum absolute atomic E-state index is 0.246. The summed E-state index contributed by atoms with van der Waals surface area (Å²) in [6, 6.07) is 8.97. The molecule has 0 amide bonds. The van der Waals surface area contributed by atoms with Crippen LogP contribution in [-0.2, 0) is 0 Å². The summed E-state index contributed by atoms with van der Waals surface area (Å²) in [5.74, 6) is 0.928. The van der Waals surface area contributed by atoms with E-state index in [0.29, 0.717) is 49.6 Å². The molecule has 1 aliphatic rings. The molecule has 3 aromatic heterocycles. The molecule has 7 nitrogen and oxygen atoms in total. The fourth-order valence-corrected chi connectivity index (χ4v) is 5.50. The van der Waals surface area contributed by atoms with Gasteiger partial charge in [-0.2, -0.15) is 5.10 Å². The van der Waals surface area contributed by atoms with Crippen molar-refractivity contribution in [2.75, 3.05) is 18.0 Å². The number of ether oxygens (including phenoxy) is 1. The van der Waals surface area contributed by atoms with Crippen LogP contribution >= 0.6 is 23.2 Å². The number of piperidine rings is 1. The van der Waals surface area contributed by atoms with E-state index < -0.39 is 6.10 Å². The standard InChI is InChI=1S/C26H23Cl2FN6O/c1-14(24-17(27)12-30-13-18(24)28)36-15-5-6-20-16(9-15)25(34-33-20)26-31-21-10-19(29)23(11-22(21)32-26)35-7-3-2-4-8-35/h5-6,9-14H,2-4,7-8H2,1H3,(H,31,32)(H,33,34). The van der Waals surface area contributed by atoms with Gasteiger partial charge in [0, 0.05) is 42.5 Å². The van der Waals surface area contributed by atoms with Crippen molar-refractivity contribution in [1.82, 2.24) is 25.1 Å². The Hall–Kier alpha value is -3.36.